The van der Waals surface area contributed by atoms with Crippen LogP contribution in [0, 0.1) is 0 Å². The first-order valence-corrected chi connectivity index (χ1v) is 5.23. The maximum absolute atomic E-state index is 11.9. The van der Waals surface area contributed by atoms with Crippen molar-refractivity contribution in [3.63, 3.8) is 0 Å². The first kappa shape index (κ1) is 11.7. The molecule has 0 aromatic heterocycles. The van der Waals surface area contributed by atoms with E-state index in [9.17, 15) is 9.59 Å². The summed E-state index contributed by atoms with van der Waals surface area (Å²) in [5.41, 5.74) is 0.774. The maximum Gasteiger partial charge on any atom is 0.308 e. The minimum atomic E-state index is -0.451. The van der Waals surface area contributed by atoms with Crippen LogP contribution in [0.3, 0.4) is 0 Å². The standard InChI is InChI=1S/C12H16O3/c1-3-11(15-9(2)13)12(14)10-7-5-4-6-8-10/h3,7H,4-6,8H2,1-2H3/b11-3-. The second-order valence-electron chi connectivity index (χ2n) is 3.55. The van der Waals surface area contributed by atoms with Crippen molar-refractivity contribution in [3.8, 4) is 0 Å². The number of esters is 1. The van der Waals surface area contributed by atoms with Gasteiger partial charge in [0, 0.05) is 6.92 Å². The van der Waals surface area contributed by atoms with Gasteiger partial charge in [-0.1, -0.05) is 6.08 Å². The van der Waals surface area contributed by atoms with Crippen molar-refractivity contribution in [3.05, 3.63) is 23.5 Å². The molecule has 0 unspecified atom stereocenters. The highest BCUT2D eigenvalue weighted by Crippen LogP contribution is 2.21. The largest absolute Gasteiger partial charge is 0.423 e. The van der Waals surface area contributed by atoms with E-state index in [2.05, 4.69) is 0 Å². The van der Waals surface area contributed by atoms with E-state index in [1.165, 1.54) is 6.92 Å². The molecule has 3 nitrogen and oxygen atoms in total. The molecule has 1 aliphatic carbocycles. The molecule has 0 N–H and O–H groups in total. The summed E-state index contributed by atoms with van der Waals surface area (Å²) in [6.45, 7) is 2.99. The van der Waals surface area contributed by atoms with Crippen LogP contribution in [0.2, 0.25) is 0 Å². The molecule has 0 amide bonds. The number of hydrogen-bond acceptors (Lipinski definition) is 3. The fourth-order valence-electron chi connectivity index (χ4n) is 1.59. The van der Waals surface area contributed by atoms with Crippen molar-refractivity contribution >= 4 is 11.8 Å². The summed E-state index contributed by atoms with van der Waals surface area (Å²) in [5, 5.41) is 0. The van der Waals surface area contributed by atoms with E-state index in [1.54, 1.807) is 13.0 Å². The molecule has 0 aromatic rings. The molecule has 0 aliphatic heterocycles. The number of rotatable bonds is 3. The highest BCUT2D eigenvalue weighted by molar-refractivity contribution is 6.07. The Labute approximate surface area is 89.8 Å². The Balaban J connectivity index is 2.73. The van der Waals surface area contributed by atoms with Crippen LogP contribution in [-0.4, -0.2) is 11.8 Å². The average molecular weight is 208 g/mol. The van der Waals surface area contributed by atoms with Gasteiger partial charge in [0.2, 0.25) is 5.78 Å². The normalized spacial score (nSPS) is 16.9. The topological polar surface area (TPSA) is 43.4 Å². The fourth-order valence-corrected chi connectivity index (χ4v) is 1.59. The fraction of sp³-hybridized carbons (Fsp3) is 0.500. The number of Topliss-reactive ketones (excluding diaryl/α,β-unsaturated/α-hetero) is 1. The Kier molecular flexibility index (Phi) is 4.28. The molecule has 0 radical (unpaired) electrons. The van der Waals surface area contributed by atoms with Crippen LogP contribution >= 0.6 is 0 Å². The van der Waals surface area contributed by atoms with Crippen LogP contribution in [0.15, 0.2) is 23.5 Å². The van der Waals surface area contributed by atoms with Gasteiger partial charge >= 0.3 is 5.97 Å². The second-order valence-corrected chi connectivity index (χ2v) is 3.55. The molecule has 1 rings (SSSR count). The van der Waals surface area contributed by atoms with E-state index in [4.69, 9.17) is 4.74 Å². The van der Waals surface area contributed by atoms with Crippen molar-refractivity contribution < 1.29 is 14.3 Å². The van der Waals surface area contributed by atoms with E-state index < -0.39 is 5.97 Å². The van der Waals surface area contributed by atoms with Gasteiger partial charge < -0.3 is 4.74 Å². The molecule has 0 saturated heterocycles. The van der Waals surface area contributed by atoms with Gasteiger partial charge in [-0.2, -0.15) is 0 Å². The van der Waals surface area contributed by atoms with E-state index >= 15 is 0 Å². The average Bonchev–Trinajstić information content (AvgIpc) is 2.26. The molecule has 0 heterocycles. The van der Waals surface area contributed by atoms with Gasteiger partial charge in [0.25, 0.3) is 0 Å². The predicted molar refractivity (Wildman–Crippen MR) is 57.1 cm³/mol. The van der Waals surface area contributed by atoms with Gasteiger partial charge in [0.05, 0.1) is 0 Å². The first-order chi connectivity index (χ1) is 7.15. The van der Waals surface area contributed by atoms with Gasteiger partial charge in [-0.25, -0.2) is 0 Å². The van der Waals surface area contributed by atoms with Crippen molar-refractivity contribution in [1.82, 2.24) is 0 Å². The third-order valence-corrected chi connectivity index (χ3v) is 2.32. The smallest absolute Gasteiger partial charge is 0.308 e. The third kappa shape index (κ3) is 3.35. The van der Waals surface area contributed by atoms with Crippen LogP contribution in [0.5, 0.6) is 0 Å². The zero-order valence-corrected chi connectivity index (χ0v) is 9.21. The third-order valence-electron chi connectivity index (χ3n) is 2.32. The summed E-state index contributed by atoms with van der Waals surface area (Å²) in [6.07, 6.45) is 7.39. The summed E-state index contributed by atoms with van der Waals surface area (Å²) in [5.74, 6) is -0.448. The van der Waals surface area contributed by atoms with Gasteiger partial charge in [-0.3, -0.25) is 9.59 Å². The molecule has 0 aromatic carbocycles. The molecule has 0 spiro atoms. The van der Waals surface area contributed by atoms with Gasteiger partial charge in [-0.05, 0) is 44.3 Å². The summed E-state index contributed by atoms with van der Waals surface area (Å²) < 4.78 is 4.85. The van der Waals surface area contributed by atoms with Crippen molar-refractivity contribution in [2.24, 2.45) is 0 Å². The van der Waals surface area contributed by atoms with E-state index in [-0.39, 0.29) is 11.5 Å². The Morgan fingerprint density at radius 1 is 1.40 bits per heavy atom. The SMILES string of the molecule is C/C=C(\OC(C)=O)C(=O)C1=CCCCC1. The number of carbonyl (C=O) groups is 2. The van der Waals surface area contributed by atoms with Crippen molar-refractivity contribution in [1.29, 1.82) is 0 Å². The molecule has 15 heavy (non-hydrogen) atoms. The van der Waals surface area contributed by atoms with Gasteiger partial charge in [0.1, 0.15) is 0 Å². The summed E-state index contributed by atoms with van der Waals surface area (Å²) in [6, 6.07) is 0. The Bertz CT molecular complexity index is 324. The maximum atomic E-state index is 11.9. The lowest BCUT2D eigenvalue weighted by Crippen LogP contribution is -2.13. The quantitative estimate of drug-likeness (QED) is 0.406. The first-order valence-electron chi connectivity index (χ1n) is 5.23. The molecular weight excluding hydrogens is 192 g/mol. The van der Waals surface area contributed by atoms with Gasteiger partial charge in [0.15, 0.2) is 5.76 Å². The molecule has 82 valence electrons. The van der Waals surface area contributed by atoms with Crippen molar-refractivity contribution in [2.45, 2.75) is 39.5 Å². The van der Waals surface area contributed by atoms with E-state index in [0.717, 1.165) is 31.3 Å². The molecule has 0 atom stereocenters. The molecule has 1 aliphatic rings. The number of hydrogen-bond donors (Lipinski definition) is 0. The van der Waals surface area contributed by atoms with Crippen LogP contribution < -0.4 is 0 Å². The predicted octanol–water partition coefficient (Wildman–Crippen LogP) is 2.52. The highest BCUT2D eigenvalue weighted by atomic mass is 16.5. The molecular formula is C12H16O3. The lowest BCUT2D eigenvalue weighted by atomic mass is 9.95. The minimum Gasteiger partial charge on any atom is -0.423 e. The summed E-state index contributed by atoms with van der Waals surface area (Å²) in [7, 11) is 0. The van der Waals surface area contributed by atoms with Gasteiger partial charge in [-0.15, -0.1) is 0 Å². The van der Waals surface area contributed by atoms with Crippen LogP contribution in [-0.2, 0) is 14.3 Å². The van der Waals surface area contributed by atoms with Crippen LogP contribution in [0.4, 0.5) is 0 Å². The minimum absolute atomic E-state index is 0.146. The number of allylic oxidation sites excluding steroid dienone is 3. The molecule has 0 saturated carbocycles. The number of ether oxygens (including phenoxy) is 1. The van der Waals surface area contributed by atoms with Crippen LogP contribution in [0.25, 0.3) is 0 Å². The van der Waals surface area contributed by atoms with E-state index in [0.29, 0.717) is 0 Å². The molecule has 0 bridgehead atoms. The lowest BCUT2D eigenvalue weighted by molar-refractivity contribution is -0.139. The number of ketones is 1. The summed E-state index contributed by atoms with van der Waals surface area (Å²) in [4.78, 5) is 22.6. The zero-order valence-electron chi connectivity index (χ0n) is 9.21. The highest BCUT2D eigenvalue weighted by Gasteiger charge is 2.18. The number of carbonyl (C=O) groups excluding carboxylic acids is 2. The Morgan fingerprint density at radius 3 is 2.60 bits per heavy atom. The van der Waals surface area contributed by atoms with Crippen LogP contribution in [0.1, 0.15) is 39.5 Å². The lowest BCUT2D eigenvalue weighted by Gasteiger charge is -2.12. The monoisotopic (exact) mass is 208 g/mol. The molecule has 0 fully saturated rings. The summed E-state index contributed by atoms with van der Waals surface area (Å²) >= 11 is 0. The Hall–Kier alpha value is -1.38. The zero-order chi connectivity index (χ0) is 11.3. The van der Waals surface area contributed by atoms with Crippen molar-refractivity contribution in [2.75, 3.05) is 0 Å². The molecule has 3 heteroatoms. The second kappa shape index (κ2) is 5.49. The van der Waals surface area contributed by atoms with E-state index in [1.807, 2.05) is 6.08 Å². The Morgan fingerprint density at radius 2 is 2.13 bits per heavy atom.